The van der Waals surface area contributed by atoms with Crippen LogP contribution >= 0.6 is 0 Å². The standard InChI is InChI=1S/C10H20N2O/c13-7-1-5-12-6-3-10-9(8-12)2-4-11-10/h9-11,13H,1-8H2. The van der Waals surface area contributed by atoms with Crippen molar-refractivity contribution in [1.82, 2.24) is 10.2 Å². The first-order valence-corrected chi connectivity index (χ1v) is 5.47. The molecule has 0 aromatic heterocycles. The number of aliphatic hydroxyl groups excluding tert-OH is 1. The number of hydrogen-bond acceptors (Lipinski definition) is 3. The van der Waals surface area contributed by atoms with Crippen molar-refractivity contribution in [2.24, 2.45) is 5.92 Å². The number of nitrogens with zero attached hydrogens (tertiary/aromatic N) is 1. The van der Waals surface area contributed by atoms with E-state index in [0.29, 0.717) is 6.61 Å². The van der Waals surface area contributed by atoms with Gasteiger partial charge in [0.15, 0.2) is 0 Å². The van der Waals surface area contributed by atoms with E-state index in [-0.39, 0.29) is 0 Å². The van der Waals surface area contributed by atoms with Gasteiger partial charge in [0.05, 0.1) is 0 Å². The number of nitrogens with one attached hydrogen (secondary N) is 1. The molecule has 2 aliphatic rings. The topological polar surface area (TPSA) is 35.5 Å². The fourth-order valence-corrected chi connectivity index (χ4v) is 2.62. The molecular weight excluding hydrogens is 164 g/mol. The summed E-state index contributed by atoms with van der Waals surface area (Å²) in [5.41, 5.74) is 0. The van der Waals surface area contributed by atoms with Crippen molar-refractivity contribution in [3.63, 3.8) is 0 Å². The Labute approximate surface area is 80.1 Å². The zero-order valence-electron chi connectivity index (χ0n) is 8.21. The predicted molar refractivity (Wildman–Crippen MR) is 52.7 cm³/mol. The highest BCUT2D eigenvalue weighted by atomic mass is 16.3. The summed E-state index contributed by atoms with van der Waals surface area (Å²) in [5.74, 6) is 0.882. The Morgan fingerprint density at radius 3 is 3.15 bits per heavy atom. The van der Waals surface area contributed by atoms with Gasteiger partial charge in [0.1, 0.15) is 0 Å². The molecule has 2 saturated heterocycles. The fourth-order valence-electron chi connectivity index (χ4n) is 2.62. The minimum absolute atomic E-state index is 0.336. The van der Waals surface area contributed by atoms with Gasteiger partial charge in [0.2, 0.25) is 0 Å². The molecule has 2 unspecified atom stereocenters. The van der Waals surface area contributed by atoms with Crippen LogP contribution < -0.4 is 5.32 Å². The molecule has 2 atom stereocenters. The van der Waals surface area contributed by atoms with E-state index in [4.69, 9.17) is 5.11 Å². The fraction of sp³-hybridized carbons (Fsp3) is 1.00. The van der Waals surface area contributed by atoms with Crippen LogP contribution in [0, 0.1) is 5.92 Å². The van der Waals surface area contributed by atoms with Crippen LogP contribution in [0.4, 0.5) is 0 Å². The molecule has 3 nitrogen and oxygen atoms in total. The first-order chi connectivity index (χ1) is 6.40. The third-order valence-corrected chi connectivity index (χ3v) is 3.37. The summed E-state index contributed by atoms with van der Waals surface area (Å²) < 4.78 is 0. The second kappa shape index (κ2) is 4.40. The van der Waals surface area contributed by atoms with Crippen LogP contribution in [-0.4, -0.2) is 48.8 Å². The summed E-state index contributed by atoms with van der Waals surface area (Å²) >= 11 is 0. The van der Waals surface area contributed by atoms with E-state index in [1.807, 2.05) is 0 Å². The second-order valence-electron chi connectivity index (χ2n) is 4.28. The van der Waals surface area contributed by atoms with Crippen LogP contribution in [0.1, 0.15) is 19.3 Å². The summed E-state index contributed by atoms with van der Waals surface area (Å²) in [5, 5.41) is 12.3. The van der Waals surface area contributed by atoms with Crippen molar-refractivity contribution < 1.29 is 5.11 Å². The van der Waals surface area contributed by atoms with Gasteiger partial charge in [-0.15, -0.1) is 0 Å². The van der Waals surface area contributed by atoms with Crippen molar-refractivity contribution in [2.45, 2.75) is 25.3 Å². The lowest BCUT2D eigenvalue weighted by Gasteiger charge is -2.34. The first kappa shape index (κ1) is 9.44. The highest BCUT2D eigenvalue weighted by molar-refractivity contribution is 4.89. The largest absolute Gasteiger partial charge is 0.396 e. The van der Waals surface area contributed by atoms with Crippen molar-refractivity contribution in [3.05, 3.63) is 0 Å². The molecule has 0 radical (unpaired) electrons. The molecule has 0 amide bonds. The van der Waals surface area contributed by atoms with E-state index in [1.165, 1.54) is 32.5 Å². The summed E-state index contributed by atoms with van der Waals surface area (Å²) in [6.07, 6.45) is 3.58. The Kier molecular flexibility index (Phi) is 3.19. The van der Waals surface area contributed by atoms with Gasteiger partial charge < -0.3 is 15.3 Å². The molecule has 2 N–H and O–H groups in total. The number of piperidine rings is 1. The van der Waals surface area contributed by atoms with Crippen LogP contribution in [0.15, 0.2) is 0 Å². The predicted octanol–water partition coefficient (Wildman–Crippen LogP) is 0.0526. The molecule has 13 heavy (non-hydrogen) atoms. The van der Waals surface area contributed by atoms with Crippen LogP contribution in [0.2, 0.25) is 0 Å². The Morgan fingerprint density at radius 2 is 2.31 bits per heavy atom. The molecule has 0 aliphatic carbocycles. The minimum atomic E-state index is 0.336. The maximum atomic E-state index is 8.75. The zero-order chi connectivity index (χ0) is 9.10. The average molecular weight is 184 g/mol. The average Bonchev–Trinajstić information content (AvgIpc) is 2.61. The Bertz CT molecular complexity index is 163. The summed E-state index contributed by atoms with van der Waals surface area (Å²) in [4.78, 5) is 2.50. The zero-order valence-corrected chi connectivity index (χ0v) is 8.21. The van der Waals surface area contributed by atoms with E-state index >= 15 is 0 Å². The maximum Gasteiger partial charge on any atom is 0.0443 e. The van der Waals surface area contributed by atoms with Crippen LogP contribution in [0.3, 0.4) is 0 Å². The number of hydrogen-bond donors (Lipinski definition) is 2. The molecule has 3 heteroatoms. The molecule has 0 aromatic rings. The smallest absolute Gasteiger partial charge is 0.0443 e. The normalized spacial score (nSPS) is 34.8. The van der Waals surface area contributed by atoms with Gasteiger partial charge in [-0.3, -0.25) is 0 Å². The third kappa shape index (κ3) is 2.22. The molecule has 2 fully saturated rings. The highest BCUT2D eigenvalue weighted by Gasteiger charge is 2.31. The highest BCUT2D eigenvalue weighted by Crippen LogP contribution is 2.24. The van der Waals surface area contributed by atoms with Gasteiger partial charge >= 0.3 is 0 Å². The summed E-state index contributed by atoms with van der Waals surface area (Å²) in [7, 11) is 0. The molecule has 0 aromatic carbocycles. The van der Waals surface area contributed by atoms with Gasteiger partial charge in [-0.1, -0.05) is 0 Å². The van der Waals surface area contributed by atoms with Crippen molar-refractivity contribution in [1.29, 1.82) is 0 Å². The molecule has 76 valence electrons. The second-order valence-corrected chi connectivity index (χ2v) is 4.28. The summed E-state index contributed by atoms with van der Waals surface area (Å²) in [6, 6.07) is 0.797. The van der Waals surface area contributed by atoms with Crippen molar-refractivity contribution >= 4 is 0 Å². The molecule has 2 rings (SSSR count). The molecule has 0 bridgehead atoms. The lowest BCUT2D eigenvalue weighted by atomic mass is 9.93. The first-order valence-electron chi connectivity index (χ1n) is 5.47. The van der Waals surface area contributed by atoms with Crippen LogP contribution in [0.25, 0.3) is 0 Å². The van der Waals surface area contributed by atoms with E-state index in [1.54, 1.807) is 0 Å². The SMILES string of the molecule is OCCCN1CCC2NCCC2C1. The number of aliphatic hydroxyl groups is 1. The lowest BCUT2D eigenvalue weighted by Crippen LogP contribution is -2.44. The summed E-state index contributed by atoms with van der Waals surface area (Å²) in [6.45, 7) is 5.09. The van der Waals surface area contributed by atoms with E-state index in [0.717, 1.165) is 24.9 Å². The number of rotatable bonds is 3. The van der Waals surface area contributed by atoms with Crippen molar-refractivity contribution in [3.8, 4) is 0 Å². The Hall–Kier alpha value is -0.120. The van der Waals surface area contributed by atoms with Crippen molar-refractivity contribution in [2.75, 3.05) is 32.8 Å². The number of fused-ring (bicyclic) bond motifs is 1. The molecule has 0 saturated carbocycles. The lowest BCUT2D eigenvalue weighted by molar-refractivity contribution is 0.149. The van der Waals surface area contributed by atoms with E-state index < -0.39 is 0 Å². The Balaban J connectivity index is 1.76. The monoisotopic (exact) mass is 184 g/mol. The molecule has 0 spiro atoms. The van der Waals surface area contributed by atoms with Crippen LogP contribution in [-0.2, 0) is 0 Å². The molecule has 2 aliphatic heterocycles. The van der Waals surface area contributed by atoms with Gasteiger partial charge in [0.25, 0.3) is 0 Å². The van der Waals surface area contributed by atoms with Crippen LogP contribution in [0.5, 0.6) is 0 Å². The third-order valence-electron chi connectivity index (χ3n) is 3.37. The van der Waals surface area contributed by atoms with Gasteiger partial charge in [-0.05, 0) is 38.3 Å². The van der Waals surface area contributed by atoms with E-state index in [2.05, 4.69) is 10.2 Å². The molecule has 2 heterocycles. The molecular formula is C10H20N2O. The van der Waals surface area contributed by atoms with Gasteiger partial charge in [-0.2, -0.15) is 0 Å². The van der Waals surface area contributed by atoms with E-state index in [9.17, 15) is 0 Å². The number of likely N-dealkylation sites (tertiary alicyclic amines) is 1. The van der Waals surface area contributed by atoms with Gasteiger partial charge in [0, 0.05) is 25.7 Å². The van der Waals surface area contributed by atoms with Gasteiger partial charge in [-0.25, -0.2) is 0 Å². The maximum absolute atomic E-state index is 8.75. The Morgan fingerprint density at radius 1 is 1.38 bits per heavy atom. The quantitative estimate of drug-likeness (QED) is 0.651. The minimum Gasteiger partial charge on any atom is -0.396 e.